The molecule has 0 aliphatic carbocycles. The summed E-state index contributed by atoms with van der Waals surface area (Å²) in [4.78, 5) is 0. The van der Waals surface area contributed by atoms with Crippen molar-refractivity contribution < 1.29 is 17.9 Å². The Labute approximate surface area is 101 Å². The van der Waals surface area contributed by atoms with Crippen molar-refractivity contribution in [1.82, 2.24) is 0 Å². The lowest BCUT2D eigenvalue weighted by Crippen LogP contribution is -2.13. The molecule has 0 heterocycles. The first-order valence-electron chi connectivity index (χ1n) is 4.78. The van der Waals surface area contributed by atoms with Gasteiger partial charge in [-0.2, -0.15) is 13.2 Å². The van der Waals surface area contributed by atoms with Crippen LogP contribution in [0.5, 0.6) is 5.75 Å². The van der Waals surface area contributed by atoms with Gasteiger partial charge < -0.3 is 4.74 Å². The number of benzene rings is 1. The molecule has 0 bridgehead atoms. The quantitative estimate of drug-likeness (QED) is 0.756. The van der Waals surface area contributed by atoms with Gasteiger partial charge in [0.1, 0.15) is 5.75 Å². The largest absolute Gasteiger partial charge is 0.493 e. The summed E-state index contributed by atoms with van der Waals surface area (Å²) in [6, 6.07) is 5.49. The van der Waals surface area contributed by atoms with Crippen LogP contribution in [0.1, 0.15) is 17.5 Å². The second kappa shape index (κ2) is 5.57. The molecule has 0 aromatic heterocycles. The summed E-state index contributed by atoms with van der Waals surface area (Å²) in [6.45, 7) is 1.48. The highest BCUT2D eigenvalue weighted by Gasteiger charge is 2.27. The maximum Gasteiger partial charge on any atom is 0.392 e. The summed E-state index contributed by atoms with van der Waals surface area (Å²) in [5.41, 5.74) is 1.71. The molecule has 0 aliphatic heterocycles. The third kappa shape index (κ3) is 4.04. The molecule has 1 aromatic carbocycles. The van der Waals surface area contributed by atoms with Crippen molar-refractivity contribution in [3.8, 4) is 5.75 Å². The standard InChI is InChI=1S/C11H12BrF3O/c1-8-3-2-4-9(7-12)10(8)16-6-5-11(13,14)15/h2-4H,5-7H2,1H3. The predicted molar refractivity (Wildman–Crippen MR) is 60.0 cm³/mol. The number of hydrogen-bond donors (Lipinski definition) is 0. The van der Waals surface area contributed by atoms with E-state index < -0.39 is 12.6 Å². The van der Waals surface area contributed by atoms with Gasteiger partial charge in [-0.25, -0.2) is 0 Å². The highest BCUT2D eigenvalue weighted by atomic mass is 79.9. The molecule has 0 spiro atoms. The number of aryl methyl sites for hydroxylation is 1. The van der Waals surface area contributed by atoms with Gasteiger partial charge in [0.25, 0.3) is 0 Å². The number of hydrogen-bond acceptors (Lipinski definition) is 1. The number of alkyl halides is 4. The normalized spacial score (nSPS) is 11.6. The molecule has 0 saturated heterocycles. The fraction of sp³-hybridized carbons (Fsp3) is 0.455. The highest BCUT2D eigenvalue weighted by Crippen LogP contribution is 2.27. The summed E-state index contributed by atoms with van der Waals surface area (Å²) >= 11 is 3.27. The number of para-hydroxylation sites is 1. The highest BCUT2D eigenvalue weighted by molar-refractivity contribution is 9.08. The van der Waals surface area contributed by atoms with Crippen LogP contribution < -0.4 is 4.74 Å². The molecule has 0 saturated carbocycles. The minimum absolute atomic E-state index is 0.339. The Hall–Kier alpha value is -0.710. The number of halogens is 4. The predicted octanol–water partition coefficient (Wildman–Crippen LogP) is 4.22. The molecule has 0 radical (unpaired) electrons. The zero-order valence-electron chi connectivity index (χ0n) is 8.77. The smallest absolute Gasteiger partial charge is 0.392 e. The first-order valence-corrected chi connectivity index (χ1v) is 5.90. The third-order valence-electron chi connectivity index (χ3n) is 2.07. The van der Waals surface area contributed by atoms with Crippen LogP contribution in [0, 0.1) is 6.92 Å². The van der Waals surface area contributed by atoms with Crippen molar-refractivity contribution in [2.24, 2.45) is 0 Å². The molecule has 0 amide bonds. The van der Waals surface area contributed by atoms with E-state index in [1.165, 1.54) is 0 Å². The molecule has 0 fully saturated rings. The summed E-state index contributed by atoms with van der Waals surface area (Å²) in [5.74, 6) is 0.545. The van der Waals surface area contributed by atoms with Crippen LogP contribution >= 0.6 is 15.9 Å². The van der Waals surface area contributed by atoms with Crippen LogP contribution in [0.4, 0.5) is 13.2 Å². The molecular weight excluding hydrogens is 285 g/mol. The second-order valence-electron chi connectivity index (χ2n) is 3.41. The van der Waals surface area contributed by atoms with E-state index in [1.807, 2.05) is 25.1 Å². The monoisotopic (exact) mass is 296 g/mol. The SMILES string of the molecule is Cc1cccc(CBr)c1OCCC(F)(F)F. The Morgan fingerprint density at radius 1 is 1.31 bits per heavy atom. The molecule has 0 aliphatic rings. The fourth-order valence-corrected chi connectivity index (χ4v) is 1.74. The van der Waals surface area contributed by atoms with Crippen molar-refractivity contribution in [3.05, 3.63) is 29.3 Å². The van der Waals surface area contributed by atoms with Gasteiger partial charge in [0.15, 0.2) is 0 Å². The molecule has 0 N–H and O–H groups in total. The van der Waals surface area contributed by atoms with Gasteiger partial charge in [-0.3, -0.25) is 0 Å². The van der Waals surface area contributed by atoms with Gasteiger partial charge in [-0.05, 0) is 12.5 Å². The molecule has 16 heavy (non-hydrogen) atoms. The van der Waals surface area contributed by atoms with Gasteiger partial charge in [-0.15, -0.1) is 0 Å². The Balaban J connectivity index is 2.66. The maximum atomic E-state index is 12.0. The summed E-state index contributed by atoms with van der Waals surface area (Å²) in [5, 5.41) is 0.566. The Bertz CT molecular complexity index is 350. The Morgan fingerprint density at radius 3 is 2.56 bits per heavy atom. The van der Waals surface area contributed by atoms with E-state index in [4.69, 9.17) is 4.74 Å². The van der Waals surface area contributed by atoms with E-state index in [1.54, 1.807) is 0 Å². The third-order valence-corrected chi connectivity index (χ3v) is 2.67. The van der Waals surface area contributed by atoms with Crippen LogP contribution in [0.3, 0.4) is 0 Å². The average Bonchev–Trinajstić information content (AvgIpc) is 2.18. The zero-order chi connectivity index (χ0) is 12.2. The first-order chi connectivity index (χ1) is 7.44. The number of rotatable bonds is 4. The molecule has 5 heteroatoms. The number of ether oxygens (including phenoxy) is 1. The van der Waals surface area contributed by atoms with Crippen molar-refractivity contribution >= 4 is 15.9 Å². The van der Waals surface area contributed by atoms with Gasteiger partial charge in [-0.1, -0.05) is 34.1 Å². The minimum atomic E-state index is -4.17. The molecule has 1 aromatic rings. The van der Waals surface area contributed by atoms with E-state index in [-0.39, 0.29) is 6.61 Å². The molecule has 1 rings (SSSR count). The van der Waals surface area contributed by atoms with Gasteiger partial charge >= 0.3 is 6.18 Å². The second-order valence-corrected chi connectivity index (χ2v) is 3.97. The van der Waals surface area contributed by atoms with Crippen molar-refractivity contribution in [2.75, 3.05) is 6.61 Å². The molecule has 90 valence electrons. The van der Waals surface area contributed by atoms with Crippen LogP contribution in [0.15, 0.2) is 18.2 Å². The van der Waals surface area contributed by atoms with E-state index in [0.717, 1.165) is 11.1 Å². The molecule has 0 unspecified atom stereocenters. The summed E-state index contributed by atoms with van der Waals surface area (Å²) < 4.78 is 41.0. The van der Waals surface area contributed by atoms with E-state index in [9.17, 15) is 13.2 Å². The van der Waals surface area contributed by atoms with Crippen molar-refractivity contribution in [2.45, 2.75) is 24.9 Å². The lowest BCUT2D eigenvalue weighted by Gasteiger charge is -2.13. The van der Waals surface area contributed by atoms with E-state index in [0.29, 0.717) is 11.1 Å². The maximum absolute atomic E-state index is 12.0. The van der Waals surface area contributed by atoms with E-state index in [2.05, 4.69) is 15.9 Å². The van der Waals surface area contributed by atoms with Gasteiger partial charge in [0.2, 0.25) is 0 Å². The molecular formula is C11H12BrF3O. The lowest BCUT2D eigenvalue weighted by atomic mass is 10.1. The fourth-order valence-electron chi connectivity index (χ4n) is 1.29. The van der Waals surface area contributed by atoms with Crippen LogP contribution in [0.25, 0.3) is 0 Å². The summed E-state index contributed by atoms with van der Waals surface area (Å²) in [7, 11) is 0. The van der Waals surface area contributed by atoms with E-state index >= 15 is 0 Å². The van der Waals surface area contributed by atoms with Crippen LogP contribution in [0.2, 0.25) is 0 Å². The summed E-state index contributed by atoms with van der Waals surface area (Å²) in [6.07, 6.45) is -5.10. The molecule has 0 atom stereocenters. The lowest BCUT2D eigenvalue weighted by molar-refractivity contribution is -0.139. The Morgan fingerprint density at radius 2 is 2.00 bits per heavy atom. The first kappa shape index (κ1) is 13.4. The van der Waals surface area contributed by atoms with Crippen LogP contribution in [-0.4, -0.2) is 12.8 Å². The molecule has 1 nitrogen and oxygen atoms in total. The van der Waals surface area contributed by atoms with Gasteiger partial charge in [0.05, 0.1) is 13.0 Å². The van der Waals surface area contributed by atoms with Gasteiger partial charge in [0, 0.05) is 10.9 Å². The Kier molecular flexibility index (Phi) is 4.65. The minimum Gasteiger partial charge on any atom is -0.493 e. The van der Waals surface area contributed by atoms with Crippen molar-refractivity contribution in [3.63, 3.8) is 0 Å². The van der Waals surface area contributed by atoms with Crippen LogP contribution in [-0.2, 0) is 5.33 Å². The topological polar surface area (TPSA) is 9.23 Å². The zero-order valence-corrected chi connectivity index (χ0v) is 10.4. The van der Waals surface area contributed by atoms with Crippen molar-refractivity contribution in [1.29, 1.82) is 0 Å². The average molecular weight is 297 g/mol.